The molecule has 1 aliphatic carbocycles. The van der Waals surface area contributed by atoms with Crippen molar-refractivity contribution in [3.63, 3.8) is 0 Å². The van der Waals surface area contributed by atoms with Crippen LogP contribution in [-0.2, 0) is 5.41 Å². The van der Waals surface area contributed by atoms with E-state index in [1.165, 1.54) is 24.0 Å². The van der Waals surface area contributed by atoms with E-state index in [1.807, 2.05) is 0 Å². The van der Waals surface area contributed by atoms with Crippen molar-refractivity contribution in [3.05, 3.63) is 35.4 Å². The highest BCUT2D eigenvalue weighted by atomic mass is 14.6. The zero-order valence-corrected chi connectivity index (χ0v) is 9.09. The molecule has 2 atom stereocenters. The van der Waals surface area contributed by atoms with Gasteiger partial charge in [0.2, 0.25) is 0 Å². The monoisotopic (exact) mass is 189 g/mol. The van der Waals surface area contributed by atoms with E-state index >= 15 is 0 Å². The van der Waals surface area contributed by atoms with Crippen molar-refractivity contribution in [2.75, 3.05) is 6.54 Å². The molecule has 14 heavy (non-hydrogen) atoms. The maximum Gasteiger partial charge on any atom is 0.0101 e. The molecule has 1 saturated carbocycles. The number of aryl methyl sites for hydroxylation is 1. The number of rotatable bonds is 2. The first-order chi connectivity index (χ1) is 6.69. The molecule has 1 aliphatic rings. The van der Waals surface area contributed by atoms with Crippen LogP contribution in [0, 0.1) is 12.8 Å². The molecule has 2 rings (SSSR count). The summed E-state index contributed by atoms with van der Waals surface area (Å²) in [7, 11) is 0. The normalized spacial score (nSPS) is 31.2. The first-order valence-corrected chi connectivity index (χ1v) is 5.46. The van der Waals surface area contributed by atoms with Gasteiger partial charge < -0.3 is 5.73 Å². The van der Waals surface area contributed by atoms with Crippen LogP contribution in [0.25, 0.3) is 0 Å². The summed E-state index contributed by atoms with van der Waals surface area (Å²) in [5.74, 6) is 0.745. The second kappa shape index (κ2) is 3.39. The van der Waals surface area contributed by atoms with E-state index in [9.17, 15) is 0 Å². The zero-order valence-electron chi connectivity index (χ0n) is 9.09. The van der Waals surface area contributed by atoms with Gasteiger partial charge in [-0.05, 0) is 31.2 Å². The minimum absolute atomic E-state index is 0.284. The lowest BCUT2D eigenvalue weighted by molar-refractivity contribution is 0.146. The largest absolute Gasteiger partial charge is 0.330 e. The molecular weight excluding hydrogens is 170 g/mol. The van der Waals surface area contributed by atoms with E-state index < -0.39 is 0 Å². The molecule has 0 spiro atoms. The van der Waals surface area contributed by atoms with Gasteiger partial charge in [-0.25, -0.2) is 0 Å². The predicted molar refractivity (Wildman–Crippen MR) is 60.3 cm³/mol. The molecule has 0 amide bonds. The predicted octanol–water partition coefficient (Wildman–Crippen LogP) is 2.62. The Bertz CT molecular complexity index is 328. The van der Waals surface area contributed by atoms with E-state index in [2.05, 4.69) is 38.1 Å². The Labute approximate surface area is 86.3 Å². The summed E-state index contributed by atoms with van der Waals surface area (Å²) in [6.45, 7) is 5.26. The highest BCUT2D eigenvalue weighted by Gasteiger charge is 2.43. The summed E-state index contributed by atoms with van der Waals surface area (Å²) < 4.78 is 0. The third kappa shape index (κ3) is 1.27. The molecular formula is C13H19N. The highest BCUT2D eigenvalue weighted by molar-refractivity contribution is 5.33. The summed E-state index contributed by atoms with van der Waals surface area (Å²) in [5, 5.41) is 0. The fourth-order valence-corrected chi connectivity index (χ4v) is 2.59. The number of nitrogens with two attached hydrogens (primary N) is 1. The van der Waals surface area contributed by atoms with Crippen molar-refractivity contribution in [3.8, 4) is 0 Å². The van der Waals surface area contributed by atoms with E-state index in [1.54, 1.807) is 0 Å². The average Bonchev–Trinajstić information content (AvgIpc) is 2.17. The first-order valence-electron chi connectivity index (χ1n) is 5.46. The SMILES string of the molecule is Cc1cccc(C2(CN)CCC2C)c1. The van der Waals surface area contributed by atoms with Gasteiger partial charge in [0, 0.05) is 12.0 Å². The topological polar surface area (TPSA) is 26.0 Å². The second-order valence-electron chi connectivity index (χ2n) is 4.67. The molecule has 2 N–H and O–H groups in total. The van der Waals surface area contributed by atoms with Crippen LogP contribution in [0.3, 0.4) is 0 Å². The molecule has 1 heteroatoms. The molecule has 1 nitrogen and oxygen atoms in total. The van der Waals surface area contributed by atoms with Crippen LogP contribution in [-0.4, -0.2) is 6.54 Å². The number of hydrogen-bond acceptors (Lipinski definition) is 1. The Balaban J connectivity index is 2.37. The smallest absolute Gasteiger partial charge is 0.0101 e. The summed E-state index contributed by atoms with van der Waals surface area (Å²) >= 11 is 0. The standard InChI is InChI=1S/C13H19N/c1-10-4-3-5-12(8-10)13(9-14)7-6-11(13)2/h3-5,8,11H,6-7,9,14H2,1-2H3. The second-order valence-corrected chi connectivity index (χ2v) is 4.67. The molecule has 0 radical (unpaired) electrons. The van der Waals surface area contributed by atoms with Crippen molar-refractivity contribution in [1.29, 1.82) is 0 Å². The van der Waals surface area contributed by atoms with Gasteiger partial charge in [0.25, 0.3) is 0 Å². The van der Waals surface area contributed by atoms with Gasteiger partial charge >= 0.3 is 0 Å². The first kappa shape index (κ1) is 9.72. The lowest BCUT2D eigenvalue weighted by Gasteiger charge is -2.48. The summed E-state index contributed by atoms with van der Waals surface area (Å²) in [4.78, 5) is 0. The maximum atomic E-state index is 5.94. The molecule has 1 aromatic carbocycles. The van der Waals surface area contributed by atoms with Crippen LogP contribution in [0.5, 0.6) is 0 Å². The zero-order chi connectivity index (χ0) is 10.2. The summed E-state index contributed by atoms with van der Waals surface area (Å²) in [6, 6.07) is 8.82. The van der Waals surface area contributed by atoms with Gasteiger partial charge in [-0.2, -0.15) is 0 Å². The van der Waals surface area contributed by atoms with Crippen LogP contribution in [0.15, 0.2) is 24.3 Å². The molecule has 0 bridgehead atoms. The van der Waals surface area contributed by atoms with Gasteiger partial charge in [-0.1, -0.05) is 36.8 Å². The van der Waals surface area contributed by atoms with Gasteiger partial charge in [0.05, 0.1) is 0 Å². The van der Waals surface area contributed by atoms with Crippen LogP contribution < -0.4 is 5.73 Å². The average molecular weight is 189 g/mol. The van der Waals surface area contributed by atoms with Crippen molar-refractivity contribution in [2.45, 2.75) is 32.1 Å². The van der Waals surface area contributed by atoms with Crippen LogP contribution >= 0.6 is 0 Å². The molecule has 76 valence electrons. The molecule has 0 heterocycles. The van der Waals surface area contributed by atoms with E-state index in [0.29, 0.717) is 0 Å². The van der Waals surface area contributed by atoms with Crippen molar-refractivity contribution >= 4 is 0 Å². The maximum absolute atomic E-state index is 5.94. The molecule has 0 saturated heterocycles. The van der Waals surface area contributed by atoms with Crippen LogP contribution in [0.1, 0.15) is 30.9 Å². The Morgan fingerprint density at radius 3 is 2.71 bits per heavy atom. The molecule has 0 aliphatic heterocycles. The van der Waals surface area contributed by atoms with E-state index in [0.717, 1.165) is 12.5 Å². The Morgan fingerprint density at radius 2 is 2.29 bits per heavy atom. The van der Waals surface area contributed by atoms with Gasteiger partial charge in [-0.3, -0.25) is 0 Å². The van der Waals surface area contributed by atoms with Crippen molar-refractivity contribution < 1.29 is 0 Å². The molecule has 2 unspecified atom stereocenters. The van der Waals surface area contributed by atoms with Crippen molar-refractivity contribution in [1.82, 2.24) is 0 Å². The Kier molecular flexibility index (Phi) is 2.36. The minimum atomic E-state index is 0.284. The summed E-state index contributed by atoms with van der Waals surface area (Å²) in [5.41, 5.74) is 9.01. The number of hydrogen-bond donors (Lipinski definition) is 1. The highest BCUT2D eigenvalue weighted by Crippen LogP contribution is 2.47. The fraction of sp³-hybridized carbons (Fsp3) is 0.538. The lowest BCUT2D eigenvalue weighted by atomic mass is 9.57. The van der Waals surface area contributed by atoms with E-state index in [4.69, 9.17) is 5.73 Å². The third-order valence-electron chi connectivity index (χ3n) is 3.92. The quantitative estimate of drug-likeness (QED) is 0.760. The van der Waals surface area contributed by atoms with Gasteiger partial charge in [0.15, 0.2) is 0 Å². The molecule has 0 aromatic heterocycles. The van der Waals surface area contributed by atoms with Crippen LogP contribution in [0.4, 0.5) is 0 Å². The third-order valence-corrected chi connectivity index (χ3v) is 3.92. The van der Waals surface area contributed by atoms with E-state index in [-0.39, 0.29) is 5.41 Å². The summed E-state index contributed by atoms with van der Waals surface area (Å²) in [6.07, 6.45) is 2.58. The van der Waals surface area contributed by atoms with Crippen molar-refractivity contribution in [2.24, 2.45) is 11.7 Å². The van der Waals surface area contributed by atoms with Gasteiger partial charge in [-0.15, -0.1) is 0 Å². The Hall–Kier alpha value is -0.820. The fourth-order valence-electron chi connectivity index (χ4n) is 2.59. The molecule has 1 aromatic rings. The lowest BCUT2D eigenvalue weighted by Crippen LogP contribution is -2.48. The number of benzene rings is 1. The Morgan fingerprint density at radius 1 is 1.50 bits per heavy atom. The van der Waals surface area contributed by atoms with Gasteiger partial charge in [0.1, 0.15) is 0 Å². The molecule has 1 fully saturated rings. The minimum Gasteiger partial charge on any atom is -0.330 e. The van der Waals surface area contributed by atoms with Crippen LogP contribution in [0.2, 0.25) is 0 Å².